The van der Waals surface area contributed by atoms with Gasteiger partial charge < -0.3 is 5.73 Å². The predicted molar refractivity (Wildman–Crippen MR) is 89.3 cm³/mol. The molecule has 0 aromatic carbocycles. The van der Waals surface area contributed by atoms with E-state index in [9.17, 15) is 13.2 Å². The summed E-state index contributed by atoms with van der Waals surface area (Å²) in [5.74, 6) is 2.52. The largest absolute Gasteiger partial charge is 0.401 e. The fourth-order valence-corrected chi connectivity index (χ4v) is 3.98. The third-order valence-electron chi connectivity index (χ3n) is 4.81. The van der Waals surface area contributed by atoms with Gasteiger partial charge in [-0.3, -0.25) is 9.88 Å². The van der Waals surface area contributed by atoms with Crippen molar-refractivity contribution < 1.29 is 13.2 Å². The second-order valence-electron chi connectivity index (χ2n) is 6.27. The summed E-state index contributed by atoms with van der Waals surface area (Å²) in [6.07, 6.45) is 8.81. The van der Waals surface area contributed by atoms with E-state index in [1.165, 1.54) is 4.90 Å². The highest BCUT2D eigenvalue weighted by Gasteiger charge is 2.51. The van der Waals surface area contributed by atoms with Gasteiger partial charge in [0.15, 0.2) is 0 Å². The Hall–Kier alpha value is -1.91. The molecule has 0 amide bonds. The second kappa shape index (κ2) is 5.87. The van der Waals surface area contributed by atoms with Crippen molar-refractivity contribution in [1.29, 1.82) is 0 Å². The third kappa shape index (κ3) is 2.92. The van der Waals surface area contributed by atoms with Crippen LogP contribution >= 0.6 is 12.2 Å². The molecule has 1 aromatic heterocycles. The number of aromatic nitrogens is 1. The van der Waals surface area contributed by atoms with Gasteiger partial charge in [0.2, 0.25) is 0 Å². The van der Waals surface area contributed by atoms with Crippen LogP contribution in [0.3, 0.4) is 0 Å². The Morgan fingerprint density at radius 1 is 1.38 bits per heavy atom. The zero-order valence-corrected chi connectivity index (χ0v) is 13.6. The fraction of sp³-hybridized carbons (Fsp3) is 0.412. The Kier molecular flexibility index (Phi) is 4.14. The maximum atomic E-state index is 12.8. The van der Waals surface area contributed by atoms with Gasteiger partial charge in [-0.25, -0.2) is 0 Å². The third-order valence-corrected chi connectivity index (χ3v) is 5.20. The van der Waals surface area contributed by atoms with Crippen molar-refractivity contribution in [2.24, 2.45) is 5.73 Å². The first kappa shape index (κ1) is 16.9. The Morgan fingerprint density at radius 3 is 2.50 bits per heavy atom. The molecule has 7 heteroatoms. The van der Waals surface area contributed by atoms with Gasteiger partial charge in [-0.2, -0.15) is 13.2 Å². The summed E-state index contributed by atoms with van der Waals surface area (Å²) in [5, 5.41) is 0. The van der Waals surface area contributed by atoms with Gasteiger partial charge in [-0.05, 0) is 24.5 Å². The van der Waals surface area contributed by atoms with Gasteiger partial charge in [0.05, 0.1) is 16.9 Å². The number of hydrogen-bond donors (Lipinski definition) is 1. The fourth-order valence-electron chi connectivity index (χ4n) is 3.69. The van der Waals surface area contributed by atoms with Crippen LogP contribution in [0.1, 0.15) is 24.0 Å². The van der Waals surface area contributed by atoms with Crippen molar-refractivity contribution in [2.45, 2.75) is 36.5 Å². The monoisotopic (exact) mass is 351 g/mol. The number of halogens is 3. The molecule has 2 aliphatic heterocycles. The van der Waals surface area contributed by atoms with Crippen molar-refractivity contribution in [3.05, 3.63) is 41.7 Å². The first-order valence-electron chi connectivity index (χ1n) is 7.48. The molecule has 2 aliphatic rings. The second-order valence-corrected chi connectivity index (χ2v) is 6.71. The number of pyridine rings is 1. The highest BCUT2D eigenvalue weighted by atomic mass is 32.1. The quantitative estimate of drug-likeness (QED) is 0.516. The van der Waals surface area contributed by atoms with Crippen LogP contribution in [0.2, 0.25) is 0 Å². The van der Waals surface area contributed by atoms with Crippen molar-refractivity contribution in [3.63, 3.8) is 0 Å². The molecule has 0 radical (unpaired) electrons. The standard InChI is InChI=1S/C17H16F3N3S/c1-2-11-5-12(9-22-8-11)16(15(21)24)6-13-3-4-14(7-16)23(13)10-17(18,19)20/h1,3-5,8-9,13-14H,6-7,10H2,(H2,21,24). The summed E-state index contributed by atoms with van der Waals surface area (Å²) in [5.41, 5.74) is 6.71. The van der Waals surface area contributed by atoms with Crippen LogP contribution in [0, 0.1) is 12.3 Å². The number of alkyl halides is 3. The molecule has 126 valence electrons. The van der Waals surface area contributed by atoms with Crippen molar-refractivity contribution >= 4 is 17.2 Å². The first-order chi connectivity index (χ1) is 11.2. The molecule has 2 bridgehead atoms. The van der Waals surface area contributed by atoms with Gasteiger partial charge >= 0.3 is 6.18 Å². The lowest BCUT2D eigenvalue weighted by molar-refractivity contribution is -0.154. The number of rotatable bonds is 3. The van der Waals surface area contributed by atoms with E-state index in [0.29, 0.717) is 18.4 Å². The minimum atomic E-state index is -4.24. The number of nitrogens with two attached hydrogens (primary N) is 1. The molecule has 3 nitrogen and oxygen atoms in total. The average Bonchev–Trinajstić information content (AvgIpc) is 2.75. The van der Waals surface area contributed by atoms with Crippen LogP contribution in [-0.4, -0.2) is 39.7 Å². The van der Waals surface area contributed by atoms with Crippen LogP contribution in [-0.2, 0) is 5.41 Å². The van der Waals surface area contributed by atoms with Gasteiger partial charge in [-0.1, -0.05) is 30.3 Å². The maximum Gasteiger partial charge on any atom is 0.401 e. The Labute approximate surface area is 143 Å². The van der Waals surface area contributed by atoms with E-state index in [1.54, 1.807) is 18.5 Å². The highest BCUT2D eigenvalue weighted by molar-refractivity contribution is 7.80. The smallest absolute Gasteiger partial charge is 0.393 e. The van der Waals surface area contributed by atoms with Gasteiger partial charge in [-0.15, -0.1) is 6.42 Å². The number of piperidine rings is 1. The van der Waals surface area contributed by atoms with Crippen molar-refractivity contribution in [1.82, 2.24) is 9.88 Å². The molecule has 1 saturated heterocycles. The Morgan fingerprint density at radius 2 is 2.00 bits per heavy atom. The summed E-state index contributed by atoms with van der Waals surface area (Å²) in [6.45, 7) is -0.939. The van der Waals surface area contributed by atoms with Crippen molar-refractivity contribution in [2.75, 3.05) is 6.54 Å². The molecular formula is C17H16F3N3S. The molecule has 3 rings (SSSR count). The van der Waals surface area contributed by atoms with E-state index in [4.69, 9.17) is 24.4 Å². The molecule has 2 N–H and O–H groups in total. The lowest BCUT2D eigenvalue weighted by Gasteiger charge is -2.46. The van der Waals surface area contributed by atoms with E-state index in [1.807, 2.05) is 12.2 Å². The van der Waals surface area contributed by atoms with Crippen LogP contribution in [0.25, 0.3) is 0 Å². The minimum absolute atomic E-state index is 0.267. The molecule has 1 aromatic rings. The van der Waals surface area contributed by atoms with Crippen LogP contribution in [0.15, 0.2) is 30.6 Å². The number of terminal acetylenes is 1. The summed E-state index contributed by atoms with van der Waals surface area (Å²) in [6, 6.07) is 1.08. The number of fused-ring (bicyclic) bond motifs is 2. The molecule has 0 aliphatic carbocycles. The van der Waals surface area contributed by atoms with Gasteiger partial charge in [0, 0.05) is 30.0 Å². The molecule has 24 heavy (non-hydrogen) atoms. The Bertz CT molecular complexity index is 719. The summed E-state index contributed by atoms with van der Waals surface area (Å²) in [7, 11) is 0. The summed E-state index contributed by atoms with van der Waals surface area (Å²) in [4.78, 5) is 5.86. The summed E-state index contributed by atoms with van der Waals surface area (Å²) >= 11 is 5.30. The van der Waals surface area contributed by atoms with Crippen LogP contribution in [0.5, 0.6) is 0 Å². The first-order valence-corrected chi connectivity index (χ1v) is 7.89. The minimum Gasteiger partial charge on any atom is -0.393 e. The topological polar surface area (TPSA) is 42.1 Å². The molecule has 0 spiro atoms. The van der Waals surface area contributed by atoms with Crippen LogP contribution < -0.4 is 5.73 Å². The lowest BCUT2D eigenvalue weighted by atomic mass is 9.69. The van der Waals surface area contributed by atoms with Crippen molar-refractivity contribution in [3.8, 4) is 12.3 Å². The zero-order chi connectivity index (χ0) is 17.5. The zero-order valence-electron chi connectivity index (χ0n) is 12.8. The summed E-state index contributed by atoms with van der Waals surface area (Å²) < 4.78 is 38.5. The highest BCUT2D eigenvalue weighted by Crippen LogP contribution is 2.45. The number of nitrogens with zero attached hydrogens (tertiary/aromatic N) is 2. The van der Waals surface area contributed by atoms with E-state index in [0.717, 1.165) is 5.56 Å². The predicted octanol–water partition coefficient (Wildman–Crippen LogP) is 2.55. The van der Waals surface area contributed by atoms with E-state index >= 15 is 0 Å². The molecular weight excluding hydrogens is 335 g/mol. The van der Waals surface area contributed by atoms with E-state index in [2.05, 4.69) is 10.9 Å². The maximum absolute atomic E-state index is 12.8. The molecule has 2 unspecified atom stereocenters. The average molecular weight is 351 g/mol. The van der Waals surface area contributed by atoms with Gasteiger partial charge in [0.1, 0.15) is 0 Å². The molecule has 0 saturated carbocycles. The van der Waals surface area contributed by atoms with E-state index in [-0.39, 0.29) is 17.1 Å². The molecule has 1 fully saturated rings. The van der Waals surface area contributed by atoms with E-state index < -0.39 is 18.1 Å². The number of thiocarbonyl (C=S) groups is 1. The SMILES string of the molecule is C#Cc1cncc(C2(C(N)=S)CC3C=CC(C2)N3CC(F)(F)F)c1. The lowest BCUT2D eigenvalue weighted by Crippen LogP contribution is -2.56. The number of hydrogen-bond acceptors (Lipinski definition) is 3. The van der Waals surface area contributed by atoms with Crippen LogP contribution in [0.4, 0.5) is 13.2 Å². The van der Waals surface area contributed by atoms with Gasteiger partial charge in [0.25, 0.3) is 0 Å². The molecule has 2 atom stereocenters. The molecule has 3 heterocycles. The normalized spacial score (nSPS) is 29.4. The Balaban J connectivity index is 1.95.